The lowest BCUT2D eigenvalue weighted by Gasteiger charge is -2.49. The minimum Gasteiger partial charge on any atom is -0.508 e. The number of carbonyl (C=O) groups is 4. The average Bonchev–Trinajstić information content (AvgIpc) is 3.35. The molecule has 218 valence electrons. The minimum atomic E-state index is -1.24. The fourth-order valence-corrected chi connectivity index (χ4v) is 8.09. The molecule has 0 spiro atoms. The van der Waals surface area contributed by atoms with Crippen molar-refractivity contribution in [3.8, 4) is 5.75 Å². The molecule has 0 unspecified atom stereocenters. The Bertz CT molecular complexity index is 1720. The Balaban J connectivity index is 1.33. The number of imide groups is 2. The number of hydrogen-bond acceptors (Lipinski definition) is 5. The van der Waals surface area contributed by atoms with Gasteiger partial charge in [0.05, 0.1) is 40.4 Å². The van der Waals surface area contributed by atoms with E-state index in [1.807, 2.05) is 36.4 Å². The second-order valence-electron chi connectivity index (χ2n) is 12.1. The lowest BCUT2D eigenvalue weighted by Crippen LogP contribution is -2.48. The maximum atomic E-state index is 14.4. The van der Waals surface area contributed by atoms with Crippen LogP contribution in [0.2, 0.25) is 5.02 Å². The largest absolute Gasteiger partial charge is 0.508 e. The van der Waals surface area contributed by atoms with E-state index in [-0.39, 0.29) is 41.2 Å². The normalized spacial score (nSPS) is 29.8. The van der Waals surface area contributed by atoms with Crippen LogP contribution in [0.15, 0.2) is 84.4 Å². The average molecular weight is 599 g/mol. The van der Waals surface area contributed by atoms with Crippen LogP contribution in [0.3, 0.4) is 0 Å². The van der Waals surface area contributed by atoms with Gasteiger partial charge in [-0.05, 0) is 67.1 Å². The summed E-state index contributed by atoms with van der Waals surface area (Å²) in [4.78, 5) is 58.5. The fraction of sp³-hybridized carbons (Fsp3) is 0.294. The standard InChI is InChI=1S/C34H28ClFN2O5/c1-34-25(31(41)38(33(34)43)20-9-14-27(36)26(35)15-20)16-24-22(29(34)19-7-10-21(39)11-8-19)12-13-23-28(24)32(42)37(30(23)40)17-18-5-3-2-4-6-18/h2-12,14-15,23-25,28-29,39H,13,16-17H2,1H3/t23-,24+,25-,28-,29-,34+/m0/s1. The van der Waals surface area contributed by atoms with E-state index < -0.39 is 52.6 Å². The van der Waals surface area contributed by atoms with Crippen molar-refractivity contribution in [3.05, 3.63) is 106 Å². The van der Waals surface area contributed by atoms with E-state index in [0.29, 0.717) is 6.42 Å². The molecule has 2 aliphatic heterocycles. The van der Waals surface area contributed by atoms with E-state index in [2.05, 4.69) is 0 Å². The maximum Gasteiger partial charge on any atom is 0.241 e. The van der Waals surface area contributed by atoms with Crippen LogP contribution in [-0.2, 0) is 25.7 Å². The summed E-state index contributed by atoms with van der Waals surface area (Å²) in [6.45, 7) is 1.94. The first-order valence-corrected chi connectivity index (χ1v) is 14.7. The molecule has 4 aliphatic rings. The molecule has 0 bridgehead atoms. The zero-order chi connectivity index (χ0) is 30.2. The Hall–Kier alpha value is -4.30. The number of hydrogen-bond donors (Lipinski definition) is 1. The van der Waals surface area contributed by atoms with Crippen molar-refractivity contribution in [2.45, 2.75) is 32.2 Å². The van der Waals surface area contributed by atoms with Gasteiger partial charge in [-0.3, -0.25) is 24.1 Å². The van der Waals surface area contributed by atoms with Gasteiger partial charge >= 0.3 is 0 Å². The number of fused-ring (bicyclic) bond motifs is 4. The molecule has 4 amide bonds. The zero-order valence-electron chi connectivity index (χ0n) is 23.2. The Kier molecular flexibility index (Phi) is 6.32. The molecule has 1 N–H and O–H groups in total. The second kappa shape index (κ2) is 9.88. The van der Waals surface area contributed by atoms with Crippen LogP contribution in [0.4, 0.5) is 10.1 Å². The van der Waals surface area contributed by atoms with Crippen molar-refractivity contribution < 1.29 is 28.7 Å². The predicted molar refractivity (Wildman–Crippen MR) is 156 cm³/mol. The number of anilines is 1. The van der Waals surface area contributed by atoms with Crippen molar-refractivity contribution in [2.75, 3.05) is 4.90 Å². The van der Waals surface area contributed by atoms with E-state index in [1.54, 1.807) is 19.1 Å². The van der Waals surface area contributed by atoms with Crippen molar-refractivity contribution in [1.29, 1.82) is 0 Å². The number of carbonyl (C=O) groups excluding carboxylic acids is 4. The van der Waals surface area contributed by atoms with Crippen LogP contribution in [0, 0.1) is 34.9 Å². The van der Waals surface area contributed by atoms with Crippen LogP contribution in [0.5, 0.6) is 5.75 Å². The number of nitrogens with zero attached hydrogens (tertiary/aromatic N) is 2. The van der Waals surface area contributed by atoms with Gasteiger partial charge in [0.15, 0.2) is 0 Å². The SMILES string of the molecule is C[C@@]12C(=O)N(c3ccc(F)c(Cl)c3)C(=O)[C@@H]1C[C@@H]1C(=CC[C@@H]3C(=O)N(Cc4ccccc4)C(=O)[C@@H]31)[C@@H]2c1ccc(O)cc1. The topological polar surface area (TPSA) is 95.0 Å². The number of aromatic hydroxyl groups is 1. The first kappa shape index (κ1) is 27.5. The molecule has 3 aromatic carbocycles. The highest BCUT2D eigenvalue weighted by molar-refractivity contribution is 6.31. The van der Waals surface area contributed by atoms with E-state index in [1.165, 1.54) is 29.2 Å². The third kappa shape index (κ3) is 3.99. The molecule has 6 atom stereocenters. The molecular formula is C34H28ClFN2O5. The number of benzene rings is 3. The Labute approximate surface area is 252 Å². The van der Waals surface area contributed by atoms with Gasteiger partial charge in [-0.15, -0.1) is 0 Å². The number of phenols is 1. The van der Waals surface area contributed by atoms with E-state index in [9.17, 15) is 28.7 Å². The van der Waals surface area contributed by atoms with Gasteiger partial charge < -0.3 is 5.11 Å². The van der Waals surface area contributed by atoms with Crippen molar-refractivity contribution in [2.24, 2.45) is 29.1 Å². The molecule has 1 saturated carbocycles. The molecule has 7 rings (SSSR count). The second-order valence-corrected chi connectivity index (χ2v) is 12.5. The Morgan fingerprint density at radius 1 is 0.930 bits per heavy atom. The van der Waals surface area contributed by atoms with Crippen LogP contribution < -0.4 is 4.90 Å². The highest BCUT2D eigenvalue weighted by Gasteiger charge is 2.67. The van der Waals surface area contributed by atoms with Gasteiger partial charge in [0.1, 0.15) is 11.6 Å². The van der Waals surface area contributed by atoms with Gasteiger partial charge in [0.25, 0.3) is 0 Å². The van der Waals surface area contributed by atoms with Crippen LogP contribution in [-0.4, -0.2) is 33.6 Å². The summed E-state index contributed by atoms with van der Waals surface area (Å²) < 4.78 is 14.0. The number of halogens is 2. The summed E-state index contributed by atoms with van der Waals surface area (Å²) >= 11 is 6.05. The molecule has 7 nitrogen and oxygen atoms in total. The van der Waals surface area contributed by atoms with Crippen molar-refractivity contribution >= 4 is 40.9 Å². The van der Waals surface area contributed by atoms with Gasteiger partial charge in [0, 0.05) is 5.92 Å². The number of rotatable bonds is 4. The van der Waals surface area contributed by atoms with Crippen LogP contribution in [0.25, 0.3) is 0 Å². The first-order chi connectivity index (χ1) is 20.6. The van der Waals surface area contributed by atoms with Crippen LogP contribution in [0.1, 0.15) is 36.8 Å². The third-order valence-electron chi connectivity index (χ3n) is 9.94. The molecule has 3 fully saturated rings. The summed E-state index contributed by atoms with van der Waals surface area (Å²) in [6, 6.07) is 19.6. The van der Waals surface area contributed by atoms with Crippen molar-refractivity contribution in [1.82, 2.24) is 4.90 Å². The van der Waals surface area contributed by atoms with Gasteiger partial charge in [-0.2, -0.15) is 0 Å². The van der Waals surface area contributed by atoms with E-state index in [0.717, 1.165) is 27.7 Å². The smallest absolute Gasteiger partial charge is 0.241 e. The molecule has 3 aromatic rings. The monoisotopic (exact) mass is 598 g/mol. The van der Waals surface area contributed by atoms with Crippen LogP contribution >= 0.6 is 11.6 Å². The first-order valence-electron chi connectivity index (χ1n) is 14.3. The van der Waals surface area contributed by atoms with E-state index in [4.69, 9.17) is 11.6 Å². The highest BCUT2D eigenvalue weighted by Crippen LogP contribution is 2.63. The van der Waals surface area contributed by atoms with E-state index >= 15 is 0 Å². The fourth-order valence-electron chi connectivity index (χ4n) is 7.92. The summed E-state index contributed by atoms with van der Waals surface area (Å²) in [6.07, 6.45) is 2.55. The minimum absolute atomic E-state index is 0.0556. The molecule has 9 heteroatoms. The van der Waals surface area contributed by atoms with Gasteiger partial charge in [-0.25, -0.2) is 9.29 Å². The number of likely N-dealkylation sites (tertiary alicyclic amines) is 1. The molecular weight excluding hydrogens is 571 g/mol. The number of phenolic OH excluding ortho intramolecular Hbond substituents is 1. The highest BCUT2D eigenvalue weighted by atomic mass is 35.5. The summed E-state index contributed by atoms with van der Waals surface area (Å²) in [5.74, 6) is -5.03. The number of allylic oxidation sites excluding steroid dienone is 2. The lowest BCUT2D eigenvalue weighted by molar-refractivity contribution is -0.141. The molecule has 2 heterocycles. The third-order valence-corrected chi connectivity index (χ3v) is 10.2. The lowest BCUT2D eigenvalue weighted by atomic mass is 9.51. The molecule has 0 aromatic heterocycles. The molecule has 2 aliphatic carbocycles. The Morgan fingerprint density at radius 3 is 2.35 bits per heavy atom. The molecule has 2 saturated heterocycles. The quantitative estimate of drug-likeness (QED) is 0.311. The summed E-state index contributed by atoms with van der Waals surface area (Å²) in [5.41, 5.74) is 1.36. The zero-order valence-corrected chi connectivity index (χ0v) is 24.0. The molecule has 0 radical (unpaired) electrons. The van der Waals surface area contributed by atoms with Gasteiger partial charge in [0.2, 0.25) is 23.6 Å². The number of amides is 4. The summed E-state index contributed by atoms with van der Waals surface area (Å²) in [5, 5.41) is 9.83. The van der Waals surface area contributed by atoms with Crippen molar-refractivity contribution in [3.63, 3.8) is 0 Å². The molecule has 43 heavy (non-hydrogen) atoms. The summed E-state index contributed by atoms with van der Waals surface area (Å²) in [7, 11) is 0. The Morgan fingerprint density at radius 2 is 1.65 bits per heavy atom. The predicted octanol–water partition coefficient (Wildman–Crippen LogP) is 5.62. The maximum absolute atomic E-state index is 14.4. The van der Waals surface area contributed by atoms with Gasteiger partial charge in [-0.1, -0.05) is 65.7 Å².